The molecule has 1 aromatic heterocycles. The average molecular weight is 374 g/mol. The second-order valence-electron chi connectivity index (χ2n) is 5.43. The van der Waals surface area contributed by atoms with Crippen molar-refractivity contribution >= 4 is 40.6 Å². The maximum Gasteiger partial charge on any atom is 0.305 e. The van der Waals surface area contributed by atoms with Gasteiger partial charge >= 0.3 is 5.97 Å². The third-order valence-electron chi connectivity index (χ3n) is 3.43. The molecular formula is C18H18N2O5S. The van der Waals surface area contributed by atoms with Crippen molar-refractivity contribution in [2.75, 3.05) is 11.9 Å². The molecule has 3 N–H and O–H groups in total. The van der Waals surface area contributed by atoms with Crippen molar-refractivity contribution in [1.29, 1.82) is 0 Å². The Hall–Kier alpha value is -3.00. The fourth-order valence-corrected chi connectivity index (χ4v) is 2.80. The number of hydrogen-bond acceptors (Lipinski definition) is 5. The third-order valence-corrected chi connectivity index (χ3v) is 4.34. The number of Topliss-reactive ketones (excluding diaryl/α,β-unsaturated/α-hetero) is 1. The molecule has 0 fully saturated rings. The summed E-state index contributed by atoms with van der Waals surface area (Å²) >= 11 is 1.35. The molecule has 0 radical (unpaired) electrons. The van der Waals surface area contributed by atoms with Crippen molar-refractivity contribution in [3.63, 3.8) is 0 Å². The van der Waals surface area contributed by atoms with Gasteiger partial charge in [0.25, 0.3) is 5.91 Å². The first kappa shape index (κ1) is 19.3. The van der Waals surface area contributed by atoms with Gasteiger partial charge in [-0.25, -0.2) is 0 Å². The highest BCUT2D eigenvalue weighted by molar-refractivity contribution is 7.12. The van der Waals surface area contributed by atoms with Crippen LogP contribution in [0.2, 0.25) is 0 Å². The summed E-state index contributed by atoms with van der Waals surface area (Å²) in [6.45, 7) is 0.0466. The number of anilines is 1. The molecule has 2 amide bonds. The topological polar surface area (TPSA) is 113 Å². The zero-order valence-electron chi connectivity index (χ0n) is 13.9. The quantitative estimate of drug-likeness (QED) is 0.584. The van der Waals surface area contributed by atoms with E-state index in [1.54, 1.807) is 24.3 Å². The Labute approximate surface area is 154 Å². The summed E-state index contributed by atoms with van der Waals surface area (Å²) in [6, 6.07) is 9.73. The van der Waals surface area contributed by atoms with Gasteiger partial charge in [0.1, 0.15) is 0 Å². The smallest absolute Gasteiger partial charge is 0.305 e. The number of carboxylic acid groups (broad SMARTS) is 1. The minimum Gasteiger partial charge on any atom is -0.481 e. The van der Waals surface area contributed by atoms with Crippen LogP contribution in [0.3, 0.4) is 0 Å². The molecule has 0 aliphatic carbocycles. The van der Waals surface area contributed by atoms with Gasteiger partial charge in [-0.2, -0.15) is 0 Å². The molecule has 1 aromatic carbocycles. The molecule has 136 valence electrons. The highest BCUT2D eigenvalue weighted by atomic mass is 32.1. The first-order valence-corrected chi connectivity index (χ1v) is 8.80. The number of carboxylic acids is 1. The van der Waals surface area contributed by atoms with Gasteiger partial charge in [-0.1, -0.05) is 6.07 Å². The number of carbonyl (C=O) groups excluding carboxylic acids is 3. The van der Waals surface area contributed by atoms with Gasteiger partial charge in [0, 0.05) is 30.6 Å². The first-order valence-electron chi connectivity index (χ1n) is 7.92. The van der Waals surface area contributed by atoms with Crippen LogP contribution in [0.5, 0.6) is 0 Å². The molecule has 0 aliphatic heterocycles. The molecular weight excluding hydrogens is 356 g/mol. The number of aliphatic carboxylic acids is 1. The molecule has 0 saturated carbocycles. The standard InChI is InChI=1S/C18H18N2O5S/c21-14(15-2-1-11-26-15)7-8-16(22)20-13-5-3-12(4-6-13)18(25)19-10-9-17(23)24/h1-6,11H,7-10H2,(H,19,25)(H,20,22)(H,23,24). The number of rotatable bonds is 9. The van der Waals surface area contributed by atoms with Crippen molar-refractivity contribution in [3.05, 3.63) is 52.2 Å². The van der Waals surface area contributed by atoms with Crippen LogP contribution < -0.4 is 10.6 Å². The molecule has 0 unspecified atom stereocenters. The SMILES string of the molecule is O=C(O)CCNC(=O)c1ccc(NC(=O)CCC(=O)c2cccs2)cc1. The van der Waals surface area contributed by atoms with E-state index in [1.807, 2.05) is 5.38 Å². The van der Waals surface area contributed by atoms with Gasteiger partial charge in [0.05, 0.1) is 11.3 Å². The fourth-order valence-electron chi connectivity index (χ4n) is 2.10. The van der Waals surface area contributed by atoms with Crippen LogP contribution in [-0.4, -0.2) is 35.2 Å². The van der Waals surface area contributed by atoms with Gasteiger partial charge in [0.15, 0.2) is 5.78 Å². The zero-order valence-corrected chi connectivity index (χ0v) is 14.7. The summed E-state index contributed by atoms with van der Waals surface area (Å²) in [5, 5.41) is 15.5. The van der Waals surface area contributed by atoms with Gasteiger partial charge in [-0.3, -0.25) is 19.2 Å². The van der Waals surface area contributed by atoms with Crippen LogP contribution in [0.25, 0.3) is 0 Å². The molecule has 7 nitrogen and oxygen atoms in total. The van der Waals surface area contributed by atoms with Gasteiger partial charge in [0.2, 0.25) is 5.91 Å². The van der Waals surface area contributed by atoms with E-state index in [4.69, 9.17) is 5.11 Å². The Kier molecular flexibility index (Phi) is 7.04. The molecule has 0 atom stereocenters. The van der Waals surface area contributed by atoms with E-state index in [9.17, 15) is 19.2 Å². The lowest BCUT2D eigenvalue weighted by Gasteiger charge is -2.07. The minimum absolute atomic E-state index is 0.0466. The number of hydrogen-bond donors (Lipinski definition) is 3. The number of benzene rings is 1. The van der Waals surface area contributed by atoms with Crippen LogP contribution in [-0.2, 0) is 9.59 Å². The molecule has 2 rings (SSSR count). The Bertz CT molecular complexity index is 784. The zero-order chi connectivity index (χ0) is 18.9. The lowest BCUT2D eigenvalue weighted by atomic mass is 10.1. The minimum atomic E-state index is -0.985. The fraction of sp³-hybridized carbons (Fsp3) is 0.222. The number of nitrogens with one attached hydrogen (secondary N) is 2. The maximum absolute atomic E-state index is 11.9. The molecule has 1 heterocycles. The van der Waals surface area contributed by atoms with E-state index >= 15 is 0 Å². The number of amides is 2. The van der Waals surface area contributed by atoms with Crippen molar-refractivity contribution in [2.45, 2.75) is 19.3 Å². The summed E-state index contributed by atoms with van der Waals surface area (Å²) < 4.78 is 0. The van der Waals surface area contributed by atoms with Crippen LogP contribution in [0.4, 0.5) is 5.69 Å². The summed E-state index contributed by atoms with van der Waals surface area (Å²) in [7, 11) is 0. The van der Waals surface area contributed by atoms with E-state index in [0.717, 1.165) is 0 Å². The number of ketones is 1. The molecule has 2 aromatic rings. The van der Waals surface area contributed by atoms with Crippen LogP contribution in [0.1, 0.15) is 39.3 Å². The first-order chi connectivity index (χ1) is 12.5. The molecule has 0 saturated heterocycles. The highest BCUT2D eigenvalue weighted by Crippen LogP contribution is 2.14. The lowest BCUT2D eigenvalue weighted by molar-refractivity contribution is -0.136. The normalized spacial score (nSPS) is 10.2. The molecule has 8 heteroatoms. The van der Waals surface area contributed by atoms with Gasteiger partial charge < -0.3 is 15.7 Å². The second-order valence-corrected chi connectivity index (χ2v) is 6.37. The Morgan fingerprint density at radius 2 is 1.69 bits per heavy atom. The molecule has 0 aliphatic rings. The maximum atomic E-state index is 11.9. The highest BCUT2D eigenvalue weighted by Gasteiger charge is 2.11. The van der Waals surface area contributed by atoms with Crippen LogP contribution in [0.15, 0.2) is 41.8 Å². The monoisotopic (exact) mass is 374 g/mol. The van der Waals surface area contributed by atoms with E-state index in [-0.39, 0.29) is 43.4 Å². The van der Waals surface area contributed by atoms with E-state index in [0.29, 0.717) is 16.1 Å². The van der Waals surface area contributed by atoms with Crippen molar-refractivity contribution < 1.29 is 24.3 Å². The number of thiophene rings is 1. The average Bonchev–Trinajstić information content (AvgIpc) is 3.14. The summed E-state index contributed by atoms with van der Waals surface area (Å²) in [4.78, 5) is 46.6. The van der Waals surface area contributed by atoms with Crippen molar-refractivity contribution in [1.82, 2.24) is 5.32 Å². The Morgan fingerprint density at radius 3 is 2.31 bits per heavy atom. The Balaban J connectivity index is 1.78. The second kappa shape index (κ2) is 9.47. The summed E-state index contributed by atoms with van der Waals surface area (Å²) in [5.41, 5.74) is 0.877. The predicted octanol–water partition coefficient (Wildman–Crippen LogP) is 2.55. The van der Waals surface area contributed by atoms with Crippen LogP contribution in [0, 0.1) is 0 Å². The van der Waals surface area contributed by atoms with E-state index < -0.39 is 5.97 Å². The summed E-state index contributed by atoms with van der Waals surface area (Å²) in [5.74, 6) is -1.72. The number of carbonyl (C=O) groups is 4. The largest absolute Gasteiger partial charge is 0.481 e. The Morgan fingerprint density at radius 1 is 0.962 bits per heavy atom. The van der Waals surface area contributed by atoms with E-state index in [1.165, 1.54) is 23.5 Å². The van der Waals surface area contributed by atoms with Crippen LogP contribution >= 0.6 is 11.3 Å². The summed E-state index contributed by atoms with van der Waals surface area (Å²) in [6.07, 6.45) is 0.0641. The third kappa shape index (κ3) is 6.14. The molecule has 26 heavy (non-hydrogen) atoms. The molecule has 0 bridgehead atoms. The van der Waals surface area contributed by atoms with Crippen molar-refractivity contribution in [3.8, 4) is 0 Å². The van der Waals surface area contributed by atoms with E-state index in [2.05, 4.69) is 10.6 Å². The predicted molar refractivity (Wildman–Crippen MR) is 97.5 cm³/mol. The van der Waals surface area contributed by atoms with Gasteiger partial charge in [-0.05, 0) is 35.7 Å². The van der Waals surface area contributed by atoms with Crippen molar-refractivity contribution in [2.24, 2.45) is 0 Å². The van der Waals surface area contributed by atoms with Gasteiger partial charge in [-0.15, -0.1) is 11.3 Å². The molecule has 0 spiro atoms. The lowest BCUT2D eigenvalue weighted by Crippen LogP contribution is -2.25.